The first-order valence-electron chi connectivity index (χ1n) is 5.75. The highest BCUT2D eigenvalue weighted by molar-refractivity contribution is 5.66. The molecule has 1 aromatic rings. The number of carboxylic acids is 1. The van der Waals surface area contributed by atoms with Gasteiger partial charge in [0, 0.05) is 19.7 Å². The molecule has 0 saturated heterocycles. The van der Waals surface area contributed by atoms with Gasteiger partial charge in [-0.3, -0.25) is 9.48 Å². The maximum absolute atomic E-state index is 10.3. The van der Waals surface area contributed by atoms with E-state index in [9.17, 15) is 4.79 Å². The summed E-state index contributed by atoms with van der Waals surface area (Å²) >= 11 is 0. The van der Waals surface area contributed by atoms with E-state index in [2.05, 4.69) is 10.3 Å². The van der Waals surface area contributed by atoms with E-state index in [0.717, 1.165) is 44.2 Å². The van der Waals surface area contributed by atoms with Gasteiger partial charge >= 0.3 is 5.97 Å². The Morgan fingerprint density at radius 3 is 2.62 bits per heavy atom. The van der Waals surface area contributed by atoms with Crippen molar-refractivity contribution in [2.75, 3.05) is 0 Å². The van der Waals surface area contributed by atoms with E-state index < -0.39 is 5.97 Å². The van der Waals surface area contributed by atoms with Gasteiger partial charge in [0.05, 0.1) is 5.69 Å². The fourth-order valence-corrected chi connectivity index (χ4v) is 1.62. The quantitative estimate of drug-likeness (QED) is 0.685. The molecule has 5 heteroatoms. The first-order chi connectivity index (χ1) is 7.68. The van der Waals surface area contributed by atoms with Gasteiger partial charge in [-0.1, -0.05) is 24.5 Å². The second kappa shape index (κ2) is 6.98. The lowest BCUT2D eigenvalue weighted by Gasteiger charge is -1.98. The Kier molecular flexibility index (Phi) is 5.53. The zero-order valence-electron chi connectivity index (χ0n) is 9.72. The van der Waals surface area contributed by atoms with Crippen LogP contribution in [0.2, 0.25) is 0 Å². The third kappa shape index (κ3) is 5.48. The molecule has 0 aliphatic heterocycles. The minimum Gasteiger partial charge on any atom is -0.481 e. The standard InChI is InChI=1S/C11H19N3O2/c1-14-9-10(12-13-14)7-5-3-2-4-6-8-11(15)16/h9H,2-8H2,1H3,(H,15,16). The molecule has 0 spiro atoms. The summed E-state index contributed by atoms with van der Waals surface area (Å²) in [4.78, 5) is 10.3. The van der Waals surface area contributed by atoms with Crippen LogP contribution < -0.4 is 0 Å². The molecule has 0 aromatic carbocycles. The molecular formula is C11H19N3O2. The van der Waals surface area contributed by atoms with Gasteiger partial charge in [-0.15, -0.1) is 5.10 Å². The Bertz CT molecular complexity index is 323. The van der Waals surface area contributed by atoms with E-state index in [-0.39, 0.29) is 0 Å². The average Bonchev–Trinajstić information content (AvgIpc) is 2.62. The second-order valence-electron chi connectivity index (χ2n) is 4.05. The van der Waals surface area contributed by atoms with Gasteiger partial charge < -0.3 is 5.11 Å². The number of unbranched alkanes of at least 4 members (excludes halogenated alkanes) is 4. The van der Waals surface area contributed by atoms with E-state index in [1.165, 1.54) is 0 Å². The summed E-state index contributed by atoms with van der Waals surface area (Å²) in [5, 5.41) is 16.3. The molecule has 0 aliphatic carbocycles. The number of aryl methyl sites for hydroxylation is 2. The molecule has 1 rings (SSSR count). The third-order valence-electron chi connectivity index (χ3n) is 2.47. The van der Waals surface area contributed by atoms with Crippen LogP contribution in [0.25, 0.3) is 0 Å². The molecule has 0 amide bonds. The minimum atomic E-state index is -0.695. The molecule has 16 heavy (non-hydrogen) atoms. The van der Waals surface area contributed by atoms with E-state index in [1.807, 2.05) is 13.2 Å². The molecule has 1 N–H and O–H groups in total. The molecule has 0 atom stereocenters. The van der Waals surface area contributed by atoms with Crippen molar-refractivity contribution in [3.8, 4) is 0 Å². The first-order valence-corrected chi connectivity index (χ1v) is 5.75. The molecule has 5 nitrogen and oxygen atoms in total. The fraction of sp³-hybridized carbons (Fsp3) is 0.727. The highest BCUT2D eigenvalue weighted by Crippen LogP contribution is 2.08. The molecule has 0 unspecified atom stereocenters. The summed E-state index contributed by atoms with van der Waals surface area (Å²) in [6.07, 6.45) is 8.34. The minimum absolute atomic E-state index is 0.296. The van der Waals surface area contributed by atoms with Crippen molar-refractivity contribution >= 4 is 5.97 Å². The number of hydrogen-bond donors (Lipinski definition) is 1. The summed E-state index contributed by atoms with van der Waals surface area (Å²) in [6.45, 7) is 0. The van der Waals surface area contributed by atoms with Crippen molar-refractivity contribution in [1.29, 1.82) is 0 Å². The third-order valence-corrected chi connectivity index (χ3v) is 2.47. The largest absolute Gasteiger partial charge is 0.481 e. The van der Waals surface area contributed by atoms with Crippen molar-refractivity contribution in [1.82, 2.24) is 15.0 Å². The Morgan fingerprint density at radius 2 is 2.00 bits per heavy atom. The van der Waals surface area contributed by atoms with Crippen LogP contribution in [-0.2, 0) is 18.3 Å². The molecule has 1 aromatic heterocycles. The van der Waals surface area contributed by atoms with Crippen molar-refractivity contribution in [2.24, 2.45) is 7.05 Å². The zero-order chi connectivity index (χ0) is 11.8. The van der Waals surface area contributed by atoms with Crippen LogP contribution in [0, 0.1) is 0 Å². The molecule has 0 radical (unpaired) electrons. The van der Waals surface area contributed by atoms with E-state index in [0.29, 0.717) is 6.42 Å². The molecule has 0 bridgehead atoms. The van der Waals surface area contributed by atoms with Gasteiger partial charge in [0.2, 0.25) is 0 Å². The Labute approximate surface area is 95.5 Å². The lowest BCUT2D eigenvalue weighted by atomic mass is 10.1. The summed E-state index contributed by atoms with van der Waals surface area (Å²) in [5.41, 5.74) is 1.04. The van der Waals surface area contributed by atoms with Crippen LogP contribution >= 0.6 is 0 Å². The van der Waals surface area contributed by atoms with Crippen LogP contribution in [-0.4, -0.2) is 26.1 Å². The molecule has 0 aliphatic rings. The topological polar surface area (TPSA) is 68.0 Å². The van der Waals surface area contributed by atoms with Crippen LogP contribution in [0.1, 0.15) is 44.2 Å². The monoisotopic (exact) mass is 225 g/mol. The van der Waals surface area contributed by atoms with Crippen molar-refractivity contribution < 1.29 is 9.90 Å². The van der Waals surface area contributed by atoms with Crippen molar-refractivity contribution in [3.05, 3.63) is 11.9 Å². The predicted octanol–water partition coefficient (Wildman–Crippen LogP) is 1.78. The lowest BCUT2D eigenvalue weighted by molar-refractivity contribution is -0.137. The molecule has 0 fully saturated rings. The zero-order valence-corrected chi connectivity index (χ0v) is 9.72. The number of hydrogen-bond acceptors (Lipinski definition) is 3. The van der Waals surface area contributed by atoms with Gasteiger partial charge in [-0.25, -0.2) is 0 Å². The number of rotatable bonds is 8. The van der Waals surface area contributed by atoms with Gasteiger partial charge in [-0.2, -0.15) is 0 Å². The number of carbonyl (C=O) groups is 1. The molecule has 0 saturated carbocycles. The van der Waals surface area contributed by atoms with Gasteiger partial charge in [-0.05, 0) is 19.3 Å². The van der Waals surface area contributed by atoms with Crippen LogP contribution in [0.15, 0.2) is 6.20 Å². The lowest BCUT2D eigenvalue weighted by Crippen LogP contribution is -1.93. The van der Waals surface area contributed by atoms with Crippen LogP contribution in [0.4, 0.5) is 0 Å². The summed E-state index contributed by atoms with van der Waals surface area (Å²) in [6, 6.07) is 0. The average molecular weight is 225 g/mol. The molecule has 1 heterocycles. The molecular weight excluding hydrogens is 206 g/mol. The highest BCUT2D eigenvalue weighted by Gasteiger charge is 1.99. The first kappa shape index (κ1) is 12.7. The summed E-state index contributed by atoms with van der Waals surface area (Å²) < 4.78 is 1.71. The Hall–Kier alpha value is -1.39. The van der Waals surface area contributed by atoms with Crippen LogP contribution in [0.5, 0.6) is 0 Å². The normalized spacial score (nSPS) is 10.6. The Balaban J connectivity index is 1.94. The summed E-state index contributed by atoms with van der Waals surface area (Å²) in [5.74, 6) is -0.695. The summed E-state index contributed by atoms with van der Waals surface area (Å²) in [7, 11) is 1.86. The van der Waals surface area contributed by atoms with Crippen LogP contribution in [0.3, 0.4) is 0 Å². The van der Waals surface area contributed by atoms with E-state index in [4.69, 9.17) is 5.11 Å². The number of aliphatic carboxylic acids is 1. The number of aromatic nitrogens is 3. The van der Waals surface area contributed by atoms with Crippen molar-refractivity contribution in [3.63, 3.8) is 0 Å². The fourth-order valence-electron chi connectivity index (χ4n) is 1.62. The SMILES string of the molecule is Cn1cc(CCCCCCCC(=O)O)nn1. The maximum atomic E-state index is 10.3. The second-order valence-corrected chi connectivity index (χ2v) is 4.05. The Morgan fingerprint density at radius 1 is 1.31 bits per heavy atom. The number of carboxylic acid groups (broad SMARTS) is 1. The number of nitrogens with zero attached hydrogens (tertiary/aromatic N) is 3. The molecule has 90 valence electrons. The van der Waals surface area contributed by atoms with E-state index >= 15 is 0 Å². The predicted molar refractivity (Wildman–Crippen MR) is 60.0 cm³/mol. The van der Waals surface area contributed by atoms with Gasteiger partial charge in [0.15, 0.2) is 0 Å². The van der Waals surface area contributed by atoms with E-state index in [1.54, 1.807) is 4.68 Å². The highest BCUT2D eigenvalue weighted by atomic mass is 16.4. The van der Waals surface area contributed by atoms with Crippen molar-refractivity contribution in [2.45, 2.75) is 44.9 Å². The smallest absolute Gasteiger partial charge is 0.303 e. The van der Waals surface area contributed by atoms with Gasteiger partial charge in [0.25, 0.3) is 0 Å². The maximum Gasteiger partial charge on any atom is 0.303 e. The van der Waals surface area contributed by atoms with Gasteiger partial charge in [0.1, 0.15) is 0 Å².